The summed E-state index contributed by atoms with van der Waals surface area (Å²) in [6.07, 6.45) is 2.63. The Labute approximate surface area is 146 Å². The van der Waals surface area contributed by atoms with Gasteiger partial charge in [0.05, 0.1) is 22.3 Å². The van der Waals surface area contributed by atoms with Gasteiger partial charge in [0.2, 0.25) is 5.96 Å². The van der Waals surface area contributed by atoms with Gasteiger partial charge in [-0.15, -0.1) is 5.10 Å². The highest BCUT2D eigenvalue weighted by molar-refractivity contribution is 5.85. The van der Waals surface area contributed by atoms with Crippen LogP contribution >= 0.6 is 0 Å². The van der Waals surface area contributed by atoms with Gasteiger partial charge in [-0.3, -0.25) is 20.2 Å². The average molecular weight is 355 g/mol. The minimum atomic E-state index is -0.515. The number of guanidine groups is 1. The molecule has 2 rings (SSSR count). The van der Waals surface area contributed by atoms with Crippen LogP contribution in [-0.4, -0.2) is 28.2 Å². The smallest absolute Gasteiger partial charge is 0.270 e. The molecule has 0 saturated heterocycles. The van der Waals surface area contributed by atoms with E-state index < -0.39 is 9.85 Å². The van der Waals surface area contributed by atoms with Gasteiger partial charge in [-0.2, -0.15) is 10.2 Å². The van der Waals surface area contributed by atoms with E-state index in [0.29, 0.717) is 11.1 Å². The molecule has 0 unspecified atom stereocenters. The molecule has 0 aliphatic heterocycles. The van der Waals surface area contributed by atoms with Gasteiger partial charge in [-0.1, -0.05) is 24.3 Å². The quantitative estimate of drug-likeness (QED) is 0.347. The number of nitrogens with two attached hydrogens (primary N) is 1. The SMILES string of the molecule is NC(=N/N=C\c1cccc([N+](=O)[O-])c1)N/N=C\c1cccc([N+](=O)[O-])c1. The minimum absolute atomic E-state index is 0.0582. The Bertz CT molecular complexity index is 908. The molecule has 0 radical (unpaired) electrons. The van der Waals surface area contributed by atoms with Crippen LogP contribution in [0.1, 0.15) is 11.1 Å². The van der Waals surface area contributed by atoms with Gasteiger partial charge in [0.15, 0.2) is 0 Å². The van der Waals surface area contributed by atoms with Crippen LogP contribution in [0.2, 0.25) is 0 Å². The van der Waals surface area contributed by atoms with Crippen molar-refractivity contribution in [2.24, 2.45) is 21.0 Å². The highest BCUT2D eigenvalue weighted by Crippen LogP contribution is 2.12. The summed E-state index contributed by atoms with van der Waals surface area (Å²) in [5.74, 6) is -0.131. The molecule has 0 aliphatic carbocycles. The Hall–Kier alpha value is -4.15. The summed E-state index contributed by atoms with van der Waals surface area (Å²) in [5, 5.41) is 32.5. The molecule has 2 aromatic carbocycles. The Morgan fingerprint density at radius 2 is 1.50 bits per heavy atom. The van der Waals surface area contributed by atoms with Crippen molar-refractivity contribution in [3.8, 4) is 0 Å². The zero-order valence-electron chi connectivity index (χ0n) is 13.2. The van der Waals surface area contributed by atoms with Crippen LogP contribution in [0, 0.1) is 20.2 Å². The van der Waals surface area contributed by atoms with Gasteiger partial charge < -0.3 is 5.73 Å². The lowest BCUT2D eigenvalue weighted by Gasteiger charge is -1.97. The molecule has 11 nitrogen and oxygen atoms in total. The highest BCUT2D eigenvalue weighted by Gasteiger charge is 2.04. The molecule has 0 aliphatic rings. The number of nitro benzene ring substituents is 2. The van der Waals surface area contributed by atoms with Gasteiger partial charge in [0.25, 0.3) is 11.4 Å². The van der Waals surface area contributed by atoms with Crippen molar-refractivity contribution in [1.29, 1.82) is 0 Å². The van der Waals surface area contributed by atoms with Crippen LogP contribution in [-0.2, 0) is 0 Å². The number of benzene rings is 2. The lowest BCUT2D eigenvalue weighted by atomic mass is 10.2. The summed E-state index contributed by atoms with van der Waals surface area (Å²) in [6.45, 7) is 0. The van der Waals surface area contributed by atoms with E-state index in [2.05, 4.69) is 20.7 Å². The van der Waals surface area contributed by atoms with Crippen LogP contribution in [0.15, 0.2) is 63.8 Å². The first kappa shape index (κ1) is 18.2. The van der Waals surface area contributed by atoms with Crippen molar-refractivity contribution >= 4 is 29.8 Å². The third kappa shape index (κ3) is 5.49. The number of nitrogens with zero attached hydrogens (tertiary/aromatic N) is 5. The predicted molar refractivity (Wildman–Crippen MR) is 96.1 cm³/mol. The van der Waals surface area contributed by atoms with Crippen molar-refractivity contribution in [2.75, 3.05) is 0 Å². The number of non-ortho nitro benzene ring substituents is 2. The lowest BCUT2D eigenvalue weighted by molar-refractivity contribution is -0.385. The minimum Gasteiger partial charge on any atom is -0.367 e. The molecule has 2 aromatic rings. The van der Waals surface area contributed by atoms with Crippen molar-refractivity contribution < 1.29 is 9.85 Å². The first-order valence-corrected chi connectivity index (χ1v) is 7.10. The largest absolute Gasteiger partial charge is 0.367 e. The van der Waals surface area contributed by atoms with Crippen LogP contribution in [0.25, 0.3) is 0 Å². The number of rotatable bonds is 6. The second kappa shape index (κ2) is 8.63. The first-order valence-electron chi connectivity index (χ1n) is 7.10. The van der Waals surface area contributed by atoms with E-state index in [1.54, 1.807) is 12.1 Å². The molecular weight excluding hydrogens is 342 g/mol. The maximum Gasteiger partial charge on any atom is 0.270 e. The highest BCUT2D eigenvalue weighted by atomic mass is 16.6. The first-order chi connectivity index (χ1) is 12.5. The van der Waals surface area contributed by atoms with Crippen molar-refractivity contribution in [2.45, 2.75) is 0 Å². The normalized spacial score (nSPS) is 11.8. The molecule has 132 valence electrons. The fourth-order valence-electron chi connectivity index (χ4n) is 1.79. The molecule has 0 bridgehead atoms. The second-order valence-electron chi connectivity index (χ2n) is 4.80. The third-order valence-corrected chi connectivity index (χ3v) is 2.93. The molecule has 11 heteroatoms. The standard InChI is InChI=1S/C15H13N7O4/c16-15(19-17-9-11-3-1-5-13(7-11)21(23)24)20-18-10-12-4-2-6-14(8-12)22(25)26/h1-10H,(H3,16,19,20)/b17-9-,18-10-. The van der Waals surface area contributed by atoms with Gasteiger partial charge in [0.1, 0.15) is 0 Å². The molecule has 0 spiro atoms. The molecule has 0 saturated carbocycles. The van der Waals surface area contributed by atoms with Crippen molar-refractivity contribution in [1.82, 2.24) is 5.43 Å². The molecule has 3 N–H and O–H groups in total. The number of nitro groups is 2. The molecule has 0 amide bonds. The van der Waals surface area contributed by atoms with Crippen LogP contribution in [0.4, 0.5) is 11.4 Å². The number of hydrogen-bond donors (Lipinski definition) is 2. The molecule has 0 heterocycles. The monoisotopic (exact) mass is 355 g/mol. The van der Waals surface area contributed by atoms with Crippen LogP contribution in [0.3, 0.4) is 0 Å². The van der Waals surface area contributed by atoms with Crippen LogP contribution < -0.4 is 11.2 Å². The van der Waals surface area contributed by atoms with Crippen molar-refractivity contribution in [3.05, 3.63) is 79.9 Å². The average Bonchev–Trinajstić information content (AvgIpc) is 2.62. The zero-order valence-corrected chi connectivity index (χ0v) is 13.2. The zero-order chi connectivity index (χ0) is 18.9. The fraction of sp³-hybridized carbons (Fsp3) is 0. The molecule has 26 heavy (non-hydrogen) atoms. The molecule has 0 aromatic heterocycles. The van der Waals surface area contributed by atoms with Crippen LogP contribution in [0.5, 0.6) is 0 Å². The van der Waals surface area contributed by atoms with Crippen molar-refractivity contribution in [3.63, 3.8) is 0 Å². The van der Waals surface area contributed by atoms with E-state index in [4.69, 9.17) is 5.73 Å². The summed E-state index contributed by atoms with van der Waals surface area (Å²) in [5.41, 5.74) is 8.81. The maximum absolute atomic E-state index is 10.7. The van der Waals surface area contributed by atoms with E-state index in [1.165, 1.54) is 48.8 Å². The summed E-state index contributed by atoms with van der Waals surface area (Å²) in [6, 6.07) is 11.7. The summed E-state index contributed by atoms with van der Waals surface area (Å²) >= 11 is 0. The molecule has 0 fully saturated rings. The van der Waals surface area contributed by atoms with E-state index >= 15 is 0 Å². The Balaban J connectivity index is 1.96. The maximum atomic E-state index is 10.7. The second-order valence-corrected chi connectivity index (χ2v) is 4.80. The van der Waals surface area contributed by atoms with Gasteiger partial charge in [-0.05, 0) is 0 Å². The molecular formula is C15H13N7O4. The summed E-state index contributed by atoms with van der Waals surface area (Å²) in [7, 11) is 0. The third-order valence-electron chi connectivity index (χ3n) is 2.93. The number of hydrazone groups is 1. The lowest BCUT2D eigenvalue weighted by Crippen LogP contribution is -2.26. The topological polar surface area (TPSA) is 161 Å². The van der Waals surface area contributed by atoms with E-state index in [0.717, 1.165) is 0 Å². The predicted octanol–water partition coefficient (Wildman–Crippen LogP) is 1.78. The number of nitrogens with one attached hydrogen (secondary N) is 1. The summed E-state index contributed by atoms with van der Waals surface area (Å²) in [4.78, 5) is 20.3. The molecule has 0 atom stereocenters. The summed E-state index contributed by atoms with van der Waals surface area (Å²) < 4.78 is 0. The Morgan fingerprint density at radius 1 is 0.962 bits per heavy atom. The fourth-order valence-corrected chi connectivity index (χ4v) is 1.79. The Morgan fingerprint density at radius 3 is 2.04 bits per heavy atom. The van der Waals surface area contributed by atoms with E-state index in [1.807, 2.05) is 0 Å². The van der Waals surface area contributed by atoms with E-state index in [9.17, 15) is 20.2 Å². The van der Waals surface area contributed by atoms with Gasteiger partial charge in [-0.25, -0.2) is 5.43 Å². The number of hydrogen-bond acceptors (Lipinski definition) is 7. The Kier molecular flexibility index (Phi) is 6.04. The van der Waals surface area contributed by atoms with Gasteiger partial charge >= 0.3 is 0 Å². The van der Waals surface area contributed by atoms with Gasteiger partial charge in [0, 0.05) is 35.4 Å². The van der Waals surface area contributed by atoms with E-state index in [-0.39, 0.29) is 17.3 Å².